The summed E-state index contributed by atoms with van der Waals surface area (Å²) >= 11 is 0. The highest BCUT2D eigenvalue weighted by atomic mass is 32.2. The number of aromatic amines is 1. The van der Waals surface area contributed by atoms with Gasteiger partial charge >= 0.3 is 8.17 Å². The highest BCUT2D eigenvalue weighted by Crippen LogP contribution is 2.59. The number of rotatable bonds is 2. The van der Waals surface area contributed by atoms with Crippen molar-refractivity contribution in [3.63, 3.8) is 0 Å². The first-order valence-corrected chi connectivity index (χ1v) is 10.9. The van der Waals surface area contributed by atoms with Crippen LogP contribution in [0.25, 0.3) is 11.2 Å². The number of aromatic nitrogens is 4. The van der Waals surface area contributed by atoms with Gasteiger partial charge in [0.15, 0.2) is 23.5 Å². The highest BCUT2D eigenvalue weighted by Gasteiger charge is 2.60. The number of sulfone groups is 1. The molecule has 2 aliphatic heterocycles. The van der Waals surface area contributed by atoms with Crippen LogP contribution in [0.2, 0.25) is 0 Å². The molecule has 0 amide bonds. The van der Waals surface area contributed by atoms with Crippen LogP contribution < -0.4 is 11.3 Å². The molecular formula is C11H15N5O9PS+. The van der Waals surface area contributed by atoms with Crippen molar-refractivity contribution in [2.75, 3.05) is 18.6 Å². The minimum absolute atomic E-state index is 0.227. The lowest BCUT2D eigenvalue weighted by Crippen LogP contribution is -2.40. The SMILES string of the molecule is CS(=O)(=O)c1nc2c(=O)[nH]c(N)nc2n1[C@@H]1OC2CO[P+](O)(O)O[C@H]2C1O. The number of hydrogen-bond acceptors (Lipinski definition) is 12. The maximum atomic E-state index is 12.2. The van der Waals surface area contributed by atoms with Crippen molar-refractivity contribution in [1.82, 2.24) is 19.5 Å². The quantitative estimate of drug-likeness (QED) is 0.315. The fraction of sp³-hybridized carbons (Fsp3) is 0.545. The molecule has 0 aromatic carbocycles. The second kappa shape index (κ2) is 5.89. The van der Waals surface area contributed by atoms with Gasteiger partial charge in [0.05, 0.1) is 0 Å². The van der Waals surface area contributed by atoms with Crippen LogP contribution in [0.4, 0.5) is 5.95 Å². The van der Waals surface area contributed by atoms with Crippen LogP contribution in [0.15, 0.2) is 9.95 Å². The molecule has 148 valence electrons. The third kappa shape index (κ3) is 3.01. The molecule has 0 radical (unpaired) electrons. The predicted octanol–water partition coefficient (Wildman–Crippen LogP) is -2.56. The Morgan fingerprint density at radius 2 is 2.07 bits per heavy atom. The minimum Gasteiger partial charge on any atom is -0.385 e. The first kappa shape index (κ1) is 18.6. The lowest BCUT2D eigenvalue weighted by atomic mass is 10.1. The van der Waals surface area contributed by atoms with Crippen LogP contribution in [0.5, 0.6) is 0 Å². The van der Waals surface area contributed by atoms with Gasteiger partial charge < -0.3 is 15.6 Å². The van der Waals surface area contributed by atoms with Gasteiger partial charge in [0.1, 0.15) is 18.8 Å². The van der Waals surface area contributed by atoms with E-state index in [1.54, 1.807) is 0 Å². The van der Waals surface area contributed by atoms with Crippen molar-refractivity contribution in [2.24, 2.45) is 0 Å². The Balaban J connectivity index is 1.90. The summed E-state index contributed by atoms with van der Waals surface area (Å²) in [5.74, 6) is -0.297. The highest BCUT2D eigenvalue weighted by molar-refractivity contribution is 7.90. The molecule has 2 aliphatic rings. The number of fused-ring (bicyclic) bond motifs is 2. The first-order chi connectivity index (χ1) is 12.5. The number of anilines is 1. The molecule has 0 bridgehead atoms. The van der Waals surface area contributed by atoms with Crippen LogP contribution in [0.1, 0.15) is 6.23 Å². The number of aliphatic hydroxyl groups excluding tert-OH is 1. The normalized spacial score (nSPS) is 30.5. The summed E-state index contributed by atoms with van der Waals surface area (Å²) in [4.78, 5) is 41.1. The Hall–Kier alpha value is -1.71. The van der Waals surface area contributed by atoms with E-state index in [0.29, 0.717) is 0 Å². The second-order valence-electron chi connectivity index (χ2n) is 6.07. The molecular weight excluding hydrogens is 409 g/mol. The van der Waals surface area contributed by atoms with Gasteiger partial charge in [-0.2, -0.15) is 19.3 Å². The molecule has 2 aromatic rings. The number of nitrogens with two attached hydrogens (primary N) is 1. The first-order valence-electron chi connectivity index (χ1n) is 7.47. The van der Waals surface area contributed by atoms with Gasteiger partial charge in [-0.15, -0.1) is 4.52 Å². The van der Waals surface area contributed by atoms with Gasteiger partial charge in [-0.1, -0.05) is 0 Å². The molecule has 2 fully saturated rings. The third-order valence-corrected chi connectivity index (χ3v) is 6.05. The zero-order valence-electron chi connectivity index (χ0n) is 13.6. The van der Waals surface area contributed by atoms with Crippen LogP contribution in [0.3, 0.4) is 0 Å². The van der Waals surface area contributed by atoms with Crippen LogP contribution in [-0.4, -0.2) is 74.0 Å². The number of nitrogens with one attached hydrogen (secondary N) is 1. The molecule has 2 aromatic heterocycles. The lowest BCUT2D eigenvalue weighted by Gasteiger charge is -2.24. The lowest BCUT2D eigenvalue weighted by molar-refractivity contribution is -0.0763. The Labute approximate surface area is 151 Å². The average molecular weight is 424 g/mol. The van der Waals surface area contributed by atoms with Crippen molar-refractivity contribution < 1.29 is 37.1 Å². The Morgan fingerprint density at radius 3 is 2.74 bits per heavy atom. The third-order valence-electron chi connectivity index (χ3n) is 4.10. The number of nitrogens with zero attached hydrogens (tertiary/aromatic N) is 3. The van der Waals surface area contributed by atoms with E-state index in [4.69, 9.17) is 19.5 Å². The molecule has 4 atom stereocenters. The molecule has 14 nitrogen and oxygen atoms in total. The number of imidazole rings is 1. The monoisotopic (exact) mass is 424 g/mol. The van der Waals surface area contributed by atoms with Crippen molar-refractivity contribution >= 4 is 35.1 Å². The smallest absolute Gasteiger partial charge is 0.385 e. The molecule has 0 saturated carbocycles. The van der Waals surface area contributed by atoms with Crippen molar-refractivity contribution in [1.29, 1.82) is 0 Å². The van der Waals surface area contributed by atoms with E-state index >= 15 is 0 Å². The summed E-state index contributed by atoms with van der Waals surface area (Å²) in [7, 11) is -8.11. The molecule has 6 N–H and O–H groups in total. The summed E-state index contributed by atoms with van der Waals surface area (Å²) in [6.45, 7) is -0.310. The number of aliphatic hydroxyl groups is 1. The summed E-state index contributed by atoms with van der Waals surface area (Å²) in [5.41, 5.74) is 4.21. The molecule has 27 heavy (non-hydrogen) atoms. The molecule has 16 heteroatoms. The zero-order valence-corrected chi connectivity index (χ0v) is 15.3. The predicted molar refractivity (Wildman–Crippen MR) is 87.8 cm³/mol. The Bertz CT molecular complexity index is 1080. The van der Waals surface area contributed by atoms with Gasteiger partial charge in [0.25, 0.3) is 5.56 Å². The maximum absolute atomic E-state index is 12.2. The zero-order chi connectivity index (χ0) is 19.7. The topological polar surface area (TPSA) is 212 Å². The average Bonchev–Trinajstić information content (AvgIpc) is 3.05. The Morgan fingerprint density at radius 1 is 1.37 bits per heavy atom. The van der Waals surface area contributed by atoms with Crippen LogP contribution in [-0.2, 0) is 23.6 Å². The van der Waals surface area contributed by atoms with E-state index in [-0.39, 0.29) is 23.7 Å². The van der Waals surface area contributed by atoms with E-state index in [1.165, 1.54) is 0 Å². The van der Waals surface area contributed by atoms with E-state index < -0.39 is 53.3 Å². The molecule has 2 unspecified atom stereocenters. The van der Waals surface area contributed by atoms with Crippen molar-refractivity contribution in [3.8, 4) is 0 Å². The largest absolute Gasteiger partial charge is 0.570 e. The number of nitrogen functional groups attached to an aromatic ring is 1. The minimum atomic E-state index is -4.13. The molecule has 0 aliphatic carbocycles. The summed E-state index contributed by atoms with van der Waals surface area (Å²) in [6.07, 6.45) is -4.24. The van der Waals surface area contributed by atoms with Crippen LogP contribution in [0, 0.1) is 0 Å². The summed E-state index contributed by atoms with van der Waals surface area (Å²) < 4.78 is 40.6. The molecule has 4 rings (SSSR count). The molecule has 4 heterocycles. The van der Waals surface area contributed by atoms with Gasteiger partial charge in [0.2, 0.25) is 20.9 Å². The fourth-order valence-corrected chi connectivity index (χ4v) is 4.81. The Kier molecular flexibility index (Phi) is 4.07. The van der Waals surface area contributed by atoms with Gasteiger partial charge in [-0.3, -0.25) is 14.3 Å². The van der Waals surface area contributed by atoms with Gasteiger partial charge in [-0.25, -0.2) is 13.4 Å². The fourth-order valence-electron chi connectivity index (χ4n) is 3.03. The van der Waals surface area contributed by atoms with E-state index in [0.717, 1.165) is 10.8 Å². The van der Waals surface area contributed by atoms with Crippen molar-refractivity contribution in [3.05, 3.63) is 10.4 Å². The summed E-state index contributed by atoms with van der Waals surface area (Å²) in [6, 6.07) is 0. The van der Waals surface area contributed by atoms with E-state index in [1.807, 2.05) is 0 Å². The standard InChI is InChI=1S/C11H14N5O9PS/c1-27(21,22)11-13-4-7(14-10(12)15-8(4)18)16(11)9-5(17)6-3(24-9)2-23-26(19,20)25-6/h3,5-6,9,17,19-20H,2H2,1H3,(H2-,12,14,15,18)/p+1/t3?,5?,6-,9-/m1/s1. The molecule has 2 saturated heterocycles. The summed E-state index contributed by atoms with van der Waals surface area (Å²) in [5, 5.41) is 9.99. The number of ether oxygens (including phenoxy) is 1. The van der Waals surface area contributed by atoms with Gasteiger partial charge in [-0.05, 0) is 0 Å². The van der Waals surface area contributed by atoms with E-state index in [2.05, 4.69) is 15.0 Å². The maximum Gasteiger partial charge on any atom is 0.570 e. The van der Waals surface area contributed by atoms with Crippen molar-refractivity contribution in [2.45, 2.75) is 29.7 Å². The van der Waals surface area contributed by atoms with Gasteiger partial charge in [0, 0.05) is 6.26 Å². The second-order valence-corrected chi connectivity index (χ2v) is 9.43. The number of H-pyrrole nitrogens is 1. The molecule has 0 spiro atoms. The number of hydrogen-bond donors (Lipinski definition) is 5. The van der Waals surface area contributed by atoms with Crippen LogP contribution >= 0.6 is 8.17 Å². The van der Waals surface area contributed by atoms with E-state index in [9.17, 15) is 28.1 Å².